The molecule has 146 valence electrons. The SMILES string of the molecule is Cc1ccc(S(=O)(=O)N2CCOCC2)cc1C(=O)Nc1ccc(Cl)c(C#N)c1. The number of carbonyl (C=O) groups is 1. The molecule has 28 heavy (non-hydrogen) atoms. The maximum atomic E-state index is 12.8. The zero-order chi connectivity index (χ0) is 20.3. The summed E-state index contributed by atoms with van der Waals surface area (Å²) in [4.78, 5) is 12.8. The largest absolute Gasteiger partial charge is 0.379 e. The third-order valence-electron chi connectivity index (χ3n) is 4.41. The number of halogens is 1. The molecule has 0 radical (unpaired) electrons. The molecular weight excluding hydrogens is 402 g/mol. The number of morpholine rings is 1. The number of sulfonamides is 1. The highest BCUT2D eigenvalue weighted by molar-refractivity contribution is 7.89. The van der Waals surface area contributed by atoms with E-state index in [1.54, 1.807) is 19.1 Å². The molecule has 9 heteroatoms. The first-order valence-corrected chi connectivity index (χ1v) is 10.3. The standard InChI is InChI=1S/C19H18ClN3O4S/c1-13-2-4-16(28(25,26)23-6-8-27-9-7-23)11-17(13)19(24)22-15-3-5-18(20)14(10-15)12-21/h2-5,10-11H,6-9H2,1H3,(H,22,24). The van der Waals surface area contributed by atoms with Crippen LogP contribution in [0.15, 0.2) is 41.3 Å². The first-order valence-electron chi connectivity index (χ1n) is 8.52. The van der Waals surface area contributed by atoms with Gasteiger partial charge < -0.3 is 10.1 Å². The summed E-state index contributed by atoms with van der Waals surface area (Å²) in [5.74, 6) is -0.470. The van der Waals surface area contributed by atoms with Gasteiger partial charge in [-0.25, -0.2) is 8.42 Å². The van der Waals surface area contributed by atoms with Crippen molar-refractivity contribution < 1.29 is 17.9 Å². The Morgan fingerprint density at radius 1 is 1.21 bits per heavy atom. The fraction of sp³-hybridized carbons (Fsp3) is 0.263. The molecule has 2 aromatic carbocycles. The molecule has 1 amide bonds. The van der Waals surface area contributed by atoms with Crippen molar-refractivity contribution in [2.45, 2.75) is 11.8 Å². The summed E-state index contributed by atoms with van der Waals surface area (Å²) in [6.07, 6.45) is 0. The number of anilines is 1. The molecule has 2 aromatic rings. The highest BCUT2D eigenvalue weighted by Gasteiger charge is 2.27. The molecule has 1 aliphatic rings. The van der Waals surface area contributed by atoms with Crippen LogP contribution in [0.2, 0.25) is 5.02 Å². The minimum atomic E-state index is -3.71. The summed E-state index contributed by atoms with van der Waals surface area (Å²) in [6.45, 7) is 2.97. The van der Waals surface area contributed by atoms with Crippen LogP contribution in [-0.2, 0) is 14.8 Å². The van der Waals surface area contributed by atoms with E-state index in [0.717, 1.165) is 0 Å². The van der Waals surface area contributed by atoms with Crippen molar-refractivity contribution >= 4 is 33.2 Å². The second kappa shape index (κ2) is 8.29. The fourth-order valence-electron chi connectivity index (χ4n) is 2.83. The zero-order valence-corrected chi connectivity index (χ0v) is 16.7. The predicted molar refractivity (Wildman–Crippen MR) is 105 cm³/mol. The third kappa shape index (κ3) is 4.18. The van der Waals surface area contributed by atoms with Crippen LogP contribution < -0.4 is 5.32 Å². The molecule has 0 bridgehead atoms. The first kappa shape index (κ1) is 20.3. The number of nitriles is 1. The average Bonchev–Trinajstić information content (AvgIpc) is 2.70. The highest BCUT2D eigenvalue weighted by atomic mass is 35.5. The van der Waals surface area contributed by atoms with Gasteiger partial charge in [-0.3, -0.25) is 4.79 Å². The zero-order valence-electron chi connectivity index (χ0n) is 15.1. The summed E-state index contributed by atoms with van der Waals surface area (Å²) < 4.78 is 32.2. The second-order valence-electron chi connectivity index (χ2n) is 6.25. The van der Waals surface area contributed by atoms with Crippen LogP contribution in [0.3, 0.4) is 0 Å². The molecular formula is C19H18ClN3O4S. The van der Waals surface area contributed by atoms with E-state index in [0.29, 0.717) is 24.5 Å². The van der Waals surface area contributed by atoms with Crippen LogP contribution in [0.1, 0.15) is 21.5 Å². The van der Waals surface area contributed by atoms with E-state index in [1.165, 1.54) is 28.6 Å². The van der Waals surface area contributed by atoms with Gasteiger partial charge >= 0.3 is 0 Å². The van der Waals surface area contributed by atoms with Crippen LogP contribution in [-0.4, -0.2) is 44.9 Å². The monoisotopic (exact) mass is 419 g/mol. The van der Waals surface area contributed by atoms with Crippen LogP contribution in [0.4, 0.5) is 5.69 Å². The van der Waals surface area contributed by atoms with Gasteiger partial charge in [0.25, 0.3) is 5.91 Å². The Morgan fingerprint density at radius 3 is 2.61 bits per heavy atom. The van der Waals surface area contributed by atoms with Gasteiger partial charge in [0, 0.05) is 24.3 Å². The summed E-state index contributed by atoms with van der Waals surface area (Å²) in [5.41, 5.74) is 1.50. The van der Waals surface area contributed by atoms with Gasteiger partial charge in [0.1, 0.15) is 6.07 Å². The van der Waals surface area contributed by atoms with Gasteiger partial charge in [0.15, 0.2) is 0 Å². The van der Waals surface area contributed by atoms with E-state index < -0.39 is 15.9 Å². The smallest absolute Gasteiger partial charge is 0.255 e. The fourth-order valence-corrected chi connectivity index (χ4v) is 4.42. The first-order chi connectivity index (χ1) is 13.3. The lowest BCUT2D eigenvalue weighted by Gasteiger charge is -2.26. The van der Waals surface area contributed by atoms with Crippen LogP contribution in [0, 0.1) is 18.3 Å². The number of carbonyl (C=O) groups excluding carboxylic acids is 1. The second-order valence-corrected chi connectivity index (χ2v) is 8.60. The summed E-state index contributed by atoms with van der Waals surface area (Å²) in [5, 5.41) is 12.0. The number of amides is 1. The van der Waals surface area contributed by atoms with Crippen LogP contribution in [0.5, 0.6) is 0 Å². The molecule has 0 aliphatic carbocycles. The minimum absolute atomic E-state index is 0.0546. The molecule has 0 unspecified atom stereocenters. The van der Waals surface area contributed by atoms with Crippen molar-refractivity contribution in [3.8, 4) is 6.07 Å². The van der Waals surface area contributed by atoms with Crippen LogP contribution >= 0.6 is 11.6 Å². The minimum Gasteiger partial charge on any atom is -0.379 e. The van der Waals surface area contributed by atoms with Gasteiger partial charge in [0.2, 0.25) is 10.0 Å². The lowest BCUT2D eigenvalue weighted by molar-refractivity contribution is 0.0730. The summed E-state index contributed by atoms with van der Waals surface area (Å²) in [7, 11) is -3.71. The molecule has 0 atom stereocenters. The summed E-state index contributed by atoms with van der Waals surface area (Å²) >= 11 is 5.90. The quantitative estimate of drug-likeness (QED) is 0.821. The maximum Gasteiger partial charge on any atom is 0.255 e. The molecule has 1 saturated heterocycles. The Bertz CT molecular complexity index is 1060. The van der Waals surface area contributed by atoms with E-state index in [2.05, 4.69) is 5.32 Å². The average molecular weight is 420 g/mol. The molecule has 7 nitrogen and oxygen atoms in total. The van der Waals surface area contributed by atoms with E-state index in [-0.39, 0.29) is 34.1 Å². The molecule has 1 heterocycles. The van der Waals surface area contributed by atoms with E-state index in [9.17, 15) is 13.2 Å². The molecule has 1 N–H and O–H groups in total. The van der Waals surface area contributed by atoms with Crippen molar-refractivity contribution in [2.24, 2.45) is 0 Å². The van der Waals surface area contributed by atoms with Gasteiger partial charge in [-0.15, -0.1) is 0 Å². The van der Waals surface area contributed by atoms with Crippen molar-refractivity contribution in [1.29, 1.82) is 5.26 Å². The van der Waals surface area contributed by atoms with Gasteiger partial charge in [-0.2, -0.15) is 9.57 Å². The number of hydrogen-bond donors (Lipinski definition) is 1. The van der Waals surface area contributed by atoms with Gasteiger partial charge in [-0.05, 0) is 42.8 Å². The lowest BCUT2D eigenvalue weighted by atomic mass is 10.1. The number of nitrogens with zero attached hydrogens (tertiary/aromatic N) is 2. The van der Waals surface area contributed by atoms with E-state index in [4.69, 9.17) is 21.6 Å². The van der Waals surface area contributed by atoms with Crippen molar-refractivity contribution in [3.05, 3.63) is 58.1 Å². The van der Waals surface area contributed by atoms with Crippen molar-refractivity contribution in [2.75, 3.05) is 31.6 Å². The normalized spacial score (nSPS) is 15.0. The van der Waals surface area contributed by atoms with Crippen LogP contribution in [0.25, 0.3) is 0 Å². The summed E-state index contributed by atoms with van der Waals surface area (Å²) in [6, 6.07) is 11.0. The third-order valence-corrected chi connectivity index (χ3v) is 6.63. The molecule has 0 spiro atoms. The Kier molecular flexibility index (Phi) is 6.01. The predicted octanol–water partition coefficient (Wildman–Crippen LogP) is 2.79. The maximum absolute atomic E-state index is 12.8. The number of benzene rings is 2. The number of rotatable bonds is 4. The highest BCUT2D eigenvalue weighted by Crippen LogP contribution is 2.23. The molecule has 0 aromatic heterocycles. The number of ether oxygens (including phenoxy) is 1. The Labute approximate surface area is 168 Å². The molecule has 3 rings (SSSR count). The number of nitrogens with one attached hydrogen (secondary N) is 1. The lowest BCUT2D eigenvalue weighted by Crippen LogP contribution is -2.40. The van der Waals surface area contributed by atoms with Crippen molar-refractivity contribution in [3.63, 3.8) is 0 Å². The van der Waals surface area contributed by atoms with E-state index in [1.807, 2.05) is 6.07 Å². The van der Waals surface area contributed by atoms with Gasteiger partial charge in [0.05, 0.1) is 28.7 Å². The Balaban J connectivity index is 1.89. The Morgan fingerprint density at radius 2 is 1.93 bits per heavy atom. The Hall–Kier alpha value is -2.44. The molecule has 1 aliphatic heterocycles. The molecule has 1 fully saturated rings. The van der Waals surface area contributed by atoms with E-state index >= 15 is 0 Å². The number of aryl methyl sites for hydroxylation is 1. The van der Waals surface area contributed by atoms with Crippen molar-refractivity contribution in [1.82, 2.24) is 4.31 Å². The van der Waals surface area contributed by atoms with Gasteiger partial charge in [-0.1, -0.05) is 17.7 Å². The topological polar surface area (TPSA) is 99.5 Å². The number of hydrogen-bond acceptors (Lipinski definition) is 5. The molecule has 0 saturated carbocycles.